The average molecular weight is 843 g/mol. The first-order chi connectivity index (χ1) is 27.9. The van der Waals surface area contributed by atoms with Gasteiger partial charge in [0.05, 0.1) is 6.61 Å². The van der Waals surface area contributed by atoms with E-state index in [-0.39, 0.29) is 12.8 Å². The molecule has 6 unspecified atom stereocenters. The van der Waals surface area contributed by atoms with Crippen molar-refractivity contribution in [2.24, 2.45) is 0 Å². The Morgan fingerprint density at radius 1 is 0.552 bits per heavy atom. The molecule has 6 N–H and O–H groups in total. The van der Waals surface area contributed by atoms with Crippen LogP contribution in [0, 0.1) is 0 Å². The van der Waals surface area contributed by atoms with Gasteiger partial charge in [0, 0.05) is 12.8 Å². The number of aliphatic hydroxyl groups is 5. The summed E-state index contributed by atoms with van der Waals surface area (Å²) in [7, 11) is -5.14. The van der Waals surface area contributed by atoms with E-state index in [1.807, 2.05) is 18.2 Å². The van der Waals surface area contributed by atoms with E-state index in [1.165, 1.54) is 44.9 Å². The molecule has 0 heterocycles. The van der Waals surface area contributed by atoms with Crippen LogP contribution in [0.4, 0.5) is 0 Å². The highest BCUT2D eigenvalue weighted by Gasteiger charge is 2.51. The van der Waals surface area contributed by atoms with Gasteiger partial charge in [0.15, 0.2) is 6.10 Å². The topological polar surface area (TPSA) is 210 Å². The average Bonchev–Trinajstić information content (AvgIpc) is 3.20. The van der Waals surface area contributed by atoms with Crippen LogP contribution in [-0.2, 0) is 32.7 Å². The lowest BCUT2D eigenvalue weighted by Gasteiger charge is -2.41. The Morgan fingerprint density at radius 2 is 1.02 bits per heavy atom. The number of carbonyl (C=O) groups excluding carboxylic acids is 2. The Bertz CT molecular complexity index is 1250. The molecule has 0 aromatic heterocycles. The molecule has 6 atom stereocenters. The van der Waals surface area contributed by atoms with Crippen LogP contribution >= 0.6 is 7.82 Å². The second kappa shape index (κ2) is 34.3. The smallest absolute Gasteiger partial charge is 0.462 e. The quantitative estimate of drug-likeness (QED) is 0.0159. The molecule has 0 saturated heterocycles. The van der Waals surface area contributed by atoms with Crippen molar-refractivity contribution in [2.45, 2.75) is 191 Å². The number of unbranched alkanes of at least 4 members (excludes halogenated alkanes) is 12. The minimum absolute atomic E-state index is 0.0283. The van der Waals surface area contributed by atoms with Gasteiger partial charge in [0.2, 0.25) is 0 Å². The zero-order valence-corrected chi connectivity index (χ0v) is 36.0. The number of aliphatic hydroxyl groups excluding tert-OH is 5. The Balaban J connectivity index is 2.54. The normalized spacial score (nSPS) is 23.1. The maximum Gasteiger partial charge on any atom is 0.472 e. The summed E-state index contributed by atoms with van der Waals surface area (Å²) in [6, 6.07) is 0. The maximum absolute atomic E-state index is 12.8. The number of esters is 2. The predicted octanol–water partition coefficient (Wildman–Crippen LogP) is 7.77. The molecule has 1 fully saturated rings. The van der Waals surface area contributed by atoms with E-state index in [0.29, 0.717) is 19.3 Å². The largest absolute Gasteiger partial charge is 0.472 e. The first kappa shape index (κ1) is 53.6. The fourth-order valence-corrected chi connectivity index (χ4v) is 7.09. The Hall–Kier alpha value is -2.45. The van der Waals surface area contributed by atoms with Gasteiger partial charge in [-0.3, -0.25) is 18.6 Å². The molecular weight excluding hydrogens is 767 g/mol. The molecule has 58 heavy (non-hydrogen) atoms. The van der Waals surface area contributed by atoms with Crippen molar-refractivity contribution in [3.05, 3.63) is 60.8 Å². The summed E-state index contributed by atoms with van der Waals surface area (Å²) in [5, 5.41) is 50.0. The molecular formula is C44H75O13P. The maximum atomic E-state index is 12.8. The first-order valence-electron chi connectivity index (χ1n) is 21.6. The highest BCUT2D eigenvalue weighted by atomic mass is 31.2. The van der Waals surface area contributed by atoms with Crippen LogP contribution in [0.25, 0.3) is 0 Å². The molecule has 1 aliphatic rings. The Labute approximate surface area is 347 Å². The van der Waals surface area contributed by atoms with Crippen LogP contribution in [0.5, 0.6) is 0 Å². The van der Waals surface area contributed by atoms with Crippen LogP contribution < -0.4 is 0 Å². The summed E-state index contributed by atoms with van der Waals surface area (Å²) >= 11 is 0. The molecule has 0 aliphatic heterocycles. The standard InChI is InChI=1S/C44H75O13P/c1-3-5-7-9-11-13-15-17-18-19-21-22-24-26-28-30-32-37(45)54-34-36(35-55-58(52,53)57-44-42(50)40(48)39(47)41(49)43(44)51)56-38(46)33-31-29-27-25-23-20-16-14-12-10-8-6-4-2/h6,8,12,14,18-20,23,27,29,36,39-44,47-51H,3-5,7,9-11,13,15-17,21-22,24-26,28,30-35H2,1-2H3,(H,52,53)/b8-6-,14-12-,19-18-,23-20-,29-27-. The molecule has 1 rings (SSSR count). The molecule has 0 radical (unpaired) electrons. The van der Waals surface area contributed by atoms with Gasteiger partial charge in [0.25, 0.3) is 0 Å². The predicted molar refractivity (Wildman–Crippen MR) is 226 cm³/mol. The Morgan fingerprint density at radius 3 is 1.57 bits per heavy atom. The first-order valence-corrected chi connectivity index (χ1v) is 23.1. The third-order valence-corrected chi connectivity index (χ3v) is 10.6. The summed E-state index contributed by atoms with van der Waals surface area (Å²) in [4.78, 5) is 35.5. The van der Waals surface area contributed by atoms with Gasteiger partial charge in [-0.1, -0.05) is 132 Å². The van der Waals surface area contributed by atoms with Crippen LogP contribution in [0.15, 0.2) is 60.8 Å². The minimum Gasteiger partial charge on any atom is -0.462 e. The van der Waals surface area contributed by atoms with E-state index < -0.39 is 75.7 Å². The summed E-state index contributed by atoms with van der Waals surface area (Å²) in [6.07, 6.45) is 27.3. The van der Waals surface area contributed by atoms with Crippen molar-refractivity contribution in [1.82, 2.24) is 0 Å². The zero-order chi connectivity index (χ0) is 42.9. The minimum atomic E-state index is -5.14. The summed E-state index contributed by atoms with van der Waals surface area (Å²) in [6.45, 7) is 3.09. The lowest BCUT2D eigenvalue weighted by molar-refractivity contribution is -0.220. The van der Waals surface area contributed by atoms with Crippen LogP contribution in [-0.4, -0.2) is 98.3 Å². The fraction of sp³-hybridized carbons (Fsp3) is 0.727. The third-order valence-electron chi connectivity index (χ3n) is 9.61. The van der Waals surface area contributed by atoms with E-state index in [0.717, 1.165) is 57.8 Å². The molecule has 0 aromatic carbocycles. The van der Waals surface area contributed by atoms with Gasteiger partial charge in [-0.15, -0.1) is 0 Å². The van der Waals surface area contributed by atoms with E-state index >= 15 is 0 Å². The van der Waals surface area contributed by atoms with E-state index in [2.05, 4.69) is 56.4 Å². The second-order valence-corrected chi connectivity index (χ2v) is 16.2. The number of rotatable bonds is 34. The van der Waals surface area contributed by atoms with Gasteiger partial charge in [-0.25, -0.2) is 4.57 Å². The zero-order valence-electron chi connectivity index (χ0n) is 35.1. The molecule has 0 amide bonds. The SMILES string of the molecule is CC/C=C\C/C=C\C/C=C\C/C=C\CCC(=O)OC(COC(=O)CCCCCCC/C=C\CCCCCCCCC)COP(=O)(O)OC1C(O)C(O)C(O)C(O)C1O. The van der Waals surface area contributed by atoms with Gasteiger partial charge in [0.1, 0.15) is 43.2 Å². The van der Waals surface area contributed by atoms with Crippen molar-refractivity contribution in [1.29, 1.82) is 0 Å². The number of phosphoric ester groups is 1. The van der Waals surface area contributed by atoms with E-state index in [9.17, 15) is 44.6 Å². The lowest BCUT2D eigenvalue weighted by Crippen LogP contribution is -2.64. The van der Waals surface area contributed by atoms with Crippen LogP contribution in [0.1, 0.15) is 149 Å². The van der Waals surface area contributed by atoms with E-state index in [1.54, 1.807) is 0 Å². The summed E-state index contributed by atoms with van der Waals surface area (Å²) in [5.74, 6) is -1.21. The lowest BCUT2D eigenvalue weighted by atomic mass is 9.85. The number of hydrogen-bond acceptors (Lipinski definition) is 12. The summed E-state index contributed by atoms with van der Waals surface area (Å²) in [5.41, 5.74) is 0. The summed E-state index contributed by atoms with van der Waals surface area (Å²) < 4.78 is 33.3. The number of carbonyl (C=O) groups is 2. The molecule has 13 nitrogen and oxygen atoms in total. The monoisotopic (exact) mass is 842 g/mol. The van der Waals surface area contributed by atoms with Crippen molar-refractivity contribution in [2.75, 3.05) is 13.2 Å². The van der Waals surface area contributed by atoms with Crippen molar-refractivity contribution in [3.8, 4) is 0 Å². The third kappa shape index (κ3) is 26.6. The molecule has 0 bridgehead atoms. The van der Waals surface area contributed by atoms with Gasteiger partial charge < -0.3 is 39.9 Å². The molecule has 0 spiro atoms. The number of ether oxygens (including phenoxy) is 2. The molecule has 1 aliphatic carbocycles. The highest BCUT2D eigenvalue weighted by Crippen LogP contribution is 2.47. The highest BCUT2D eigenvalue weighted by molar-refractivity contribution is 7.47. The number of allylic oxidation sites excluding steroid dienone is 10. The number of hydrogen-bond donors (Lipinski definition) is 6. The molecule has 0 aromatic rings. The molecule has 334 valence electrons. The second-order valence-electron chi connectivity index (χ2n) is 14.8. The molecule has 14 heteroatoms. The van der Waals surface area contributed by atoms with Crippen LogP contribution in [0.2, 0.25) is 0 Å². The van der Waals surface area contributed by atoms with Crippen molar-refractivity contribution in [3.63, 3.8) is 0 Å². The van der Waals surface area contributed by atoms with Crippen molar-refractivity contribution < 1.29 is 63.1 Å². The fourth-order valence-electron chi connectivity index (χ4n) is 6.12. The van der Waals surface area contributed by atoms with E-state index in [4.69, 9.17) is 18.5 Å². The van der Waals surface area contributed by atoms with Gasteiger partial charge >= 0.3 is 19.8 Å². The van der Waals surface area contributed by atoms with Crippen LogP contribution in [0.3, 0.4) is 0 Å². The number of phosphoric acid groups is 1. The molecule has 1 saturated carbocycles. The Kier molecular flexibility index (Phi) is 31.7. The van der Waals surface area contributed by atoms with Gasteiger partial charge in [-0.2, -0.15) is 0 Å². The van der Waals surface area contributed by atoms with Gasteiger partial charge in [-0.05, 0) is 64.2 Å². The van der Waals surface area contributed by atoms with Crippen molar-refractivity contribution >= 4 is 19.8 Å².